The molecule has 3 fully saturated rings. The molecular formula is C31H40N10O5. The number of likely N-dealkylation sites (tertiary alicyclic amines) is 1. The zero-order valence-electron chi connectivity index (χ0n) is 26.2. The second-order valence-corrected chi connectivity index (χ2v) is 12.2. The molecule has 2 unspecified atom stereocenters. The van der Waals surface area contributed by atoms with Gasteiger partial charge in [0.15, 0.2) is 17.7 Å². The molecule has 5 heterocycles. The van der Waals surface area contributed by atoms with Crippen molar-refractivity contribution < 1.29 is 24.2 Å². The van der Waals surface area contributed by atoms with Crippen LogP contribution in [0.4, 0.5) is 22.0 Å². The summed E-state index contributed by atoms with van der Waals surface area (Å²) in [5.41, 5.74) is 8.87. The Morgan fingerprint density at radius 1 is 1.17 bits per heavy atom. The fourth-order valence-corrected chi connectivity index (χ4v) is 6.57. The van der Waals surface area contributed by atoms with Gasteiger partial charge in [-0.1, -0.05) is 6.07 Å². The summed E-state index contributed by atoms with van der Waals surface area (Å²) in [6, 6.07) is 5.57. The summed E-state index contributed by atoms with van der Waals surface area (Å²) >= 11 is 0. The van der Waals surface area contributed by atoms with E-state index in [1.165, 1.54) is 4.90 Å². The van der Waals surface area contributed by atoms with E-state index in [1.54, 1.807) is 11.1 Å². The molecule has 3 aliphatic heterocycles. The number of anilines is 3. The van der Waals surface area contributed by atoms with Gasteiger partial charge in [0.1, 0.15) is 12.3 Å². The van der Waals surface area contributed by atoms with Crippen LogP contribution in [0.3, 0.4) is 0 Å². The largest absolute Gasteiger partial charge is 0.465 e. The number of nitrogens with one attached hydrogen (secondary N) is 1. The third-order valence-electron chi connectivity index (χ3n) is 9.21. The first-order valence-electron chi connectivity index (χ1n) is 15.8. The second kappa shape index (κ2) is 13.4. The Kier molecular flexibility index (Phi) is 9.09. The number of fused-ring (bicyclic) bond motifs is 1. The number of hydrogen-bond acceptors (Lipinski definition) is 11. The van der Waals surface area contributed by atoms with Crippen molar-refractivity contribution in [2.75, 3.05) is 62.4 Å². The lowest BCUT2D eigenvalue weighted by Gasteiger charge is -2.40. The fourth-order valence-electron chi connectivity index (χ4n) is 6.57. The Morgan fingerprint density at radius 3 is 2.74 bits per heavy atom. The zero-order valence-corrected chi connectivity index (χ0v) is 26.2. The van der Waals surface area contributed by atoms with E-state index in [0.29, 0.717) is 18.9 Å². The molecule has 0 aliphatic carbocycles. The third-order valence-corrected chi connectivity index (χ3v) is 9.21. The van der Waals surface area contributed by atoms with Crippen molar-refractivity contribution in [2.45, 2.75) is 63.8 Å². The van der Waals surface area contributed by atoms with Gasteiger partial charge in [-0.2, -0.15) is 20.3 Å². The van der Waals surface area contributed by atoms with Crippen molar-refractivity contribution in [1.82, 2.24) is 29.5 Å². The van der Waals surface area contributed by atoms with Crippen molar-refractivity contribution in [2.24, 2.45) is 0 Å². The van der Waals surface area contributed by atoms with E-state index in [4.69, 9.17) is 15.2 Å². The number of ether oxygens (including phenoxy) is 2. The van der Waals surface area contributed by atoms with E-state index in [1.807, 2.05) is 30.8 Å². The van der Waals surface area contributed by atoms with E-state index >= 15 is 0 Å². The van der Waals surface area contributed by atoms with Crippen LogP contribution in [0.15, 0.2) is 18.3 Å². The van der Waals surface area contributed by atoms with Crippen LogP contribution in [0.5, 0.6) is 6.01 Å². The van der Waals surface area contributed by atoms with E-state index in [0.717, 1.165) is 55.1 Å². The van der Waals surface area contributed by atoms with E-state index in [9.17, 15) is 20.0 Å². The fraction of sp³-hybridized carbons (Fsp3) is 0.548. The first-order valence-corrected chi connectivity index (χ1v) is 15.8. The highest BCUT2D eigenvalue weighted by Gasteiger charge is 2.34. The molecule has 15 heteroatoms. The number of carboxylic acid groups (broad SMARTS) is 1. The number of aryl methyl sites for hydroxylation is 1. The molecule has 3 aliphatic rings. The number of nitriles is 1. The van der Waals surface area contributed by atoms with Crippen LogP contribution in [-0.2, 0) is 4.74 Å². The quantitative estimate of drug-likeness (QED) is 0.329. The number of nitrogens with two attached hydrogens (primary N) is 1. The van der Waals surface area contributed by atoms with E-state index < -0.39 is 18.0 Å². The zero-order chi connectivity index (χ0) is 32.4. The normalized spacial score (nSPS) is 22.2. The summed E-state index contributed by atoms with van der Waals surface area (Å²) in [6.45, 7) is 4.48. The molecule has 244 valence electrons. The number of aromatic nitrogens is 4. The molecule has 46 heavy (non-hydrogen) atoms. The first-order chi connectivity index (χ1) is 22.2. The molecule has 0 bridgehead atoms. The number of likely N-dealkylation sites (N-methyl/N-ethyl adjacent to an activating group) is 1. The molecule has 15 nitrogen and oxygen atoms in total. The van der Waals surface area contributed by atoms with Crippen LogP contribution in [0.1, 0.15) is 60.8 Å². The summed E-state index contributed by atoms with van der Waals surface area (Å²) in [7, 11) is 2.04. The molecule has 0 spiro atoms. The highest BCUT2D eigenvalue weighted by Crippen LogP contribution is 2.34. The van der Waals surface area contributed by atoms with Crippen molar-refractivity contribution in [3.63, 3.8) is 0 Å². The molecule has 4 N–H and O–H groups in total. The summed E-state index contributed by atoms with van der Waals surface area (Å²) in [4.78, 5) is 40.2. The van der Waals surface area contributed by atoms with Gasteiger partial charge in [0.2, 0.25) is 0 Å². The molecule has 1 aromatic carbocycles. The highest BCUT2D eigenvalue weighted by molar-refractivity contribution is 6.11. The van der Waals surface area contributed by atoms with Gasteiger partial charge in [-0.25, -0.2) is 9.48 Å². The van der Waals surface area contributed by atoms with Crippen LogP contribution in [-0.4, -0.2) is 105 Å². The SMILES string of the molecule is Cc1ccc2c(cnn2C2CCCCO2)c1NC(=O)c1nc(OC[C@@H]2CCCN2C)nc(N2CCN(C(=O)O)C(CC#N)C2)c1N. The average molecular weight is 633 g/mol. The number of nitrogen functional groups attached to an aromatic ring is 1. The summed E-state index contributed by atoms with van der Waals surface area (Å²) < 4.78 is 13.9. The Labute approximate surface area is 266 Å². The third kappa shape index (κ3) is 6.22. The number of carbonyl (C=O) groups is 2. The van der Waals surface area contributed by atoms with Gasteiger partial charge in [-0.3, -0.25) is 4.79 Å². The van der Waals surface area contributed by atoms with Crippen LogP contribution >= 0.6 is 0 Å². The maximum absolute atomic E-state index is 14.0. The summed E-state index contributed by atoms with van der Waals surface area (Å²) in [5, 5.41) is 27.4. The standard InChI is InChI=1S/C31H40N10O5/c1-19-8-9-23-22(16-34-41(23)24-7-3-4-15-45-24)26(19)35-29(42)27-25(33)28(37-30(36-27)46-18-21-6-5-12-38(21)2)39-13-14-40(31(43)44)20(17-39)10-11-32/h8-9,16,20-21,24H,3-7,10,12-15,17-18,33H2,1-2H3,(H,35,42)(H,43,44)/t20?,21-,24?/m0/s1. The Bertz CT molecular complexity index is 1650. The Hall–Kier alpha value is -4.68. The number of benzene rings is 1. The smallest absolute Gasteiger partial charge is 0.407 e. The number of carbonyl (C=O) groups excluding carboxylic acids is 1. The minimum absolute atomic E-state index is 0.00135. The van der Waals surface area contributed by atoms with Gasteiger partial charge < -0.3 is 40.3 Å². The number of nitrogens with zero attached hydrogens (tertiary/aromatic N) is 8. The number of rotatable bonds is 8. The van der Waals surface area contributed by atoms with Crippen LogP contribution < -0.4 is 20.7 Å². The average Bonchev–Trinajstić information content (AvgIpc) is 3.68. The van der Waals surface area contributed by atoms with Gasteiger partial charge in [-0.15, -0.1) is 0 Å². The number of amides is 2. The minimum atomic E-state index is -1.09. The summed E-state index contributed by atoms with van der Waals surface area (Å²) in [5.74, 6) is -0.279. The number of piperazine rings is 1. The van der Waals surface area contributed by atoms with Crippen LogP contribution in [0.2, 0.25) is 0 Å². The maximum Gasteiger partial charge on any atom is 0.407 e. The molecule has 2 aromatic heterocycles. The second-order valence-electron chi connectivity index (χ2n) is 12.2. The van der Waals surface area contributed by atoms with Gasteiger partial charge in [-0.05, 0) is 64.3 Å². The molecular weight excluding hydrogens is 592 g/mol. The molecule has 0 radical (unpaired) electrons. The van der Waals surface area contributed by atoms with E-state index in [2.05, 4.69) is 31.4 Å². The van der Waals surface area contributed by atoms with Crippen molar-refractivity contribution in [3.05, 3.63) is 29.6 Å². The van der Waals surface area contributed by atoms with Gasteiger partial charge in [0, 0.05) is 37.7 Å². The summed E-state index contributed by atoms with van der Waals surface area (Å²) in [6.07, 6.45) is 5.45. The van der Waals surface area contributed by atoms with Gasteiger partial charge in [0.25, 0.3) is 5.91 Å². The van der Waals surface area contributed by atoms with Gasteiger partial charge in [0.05, 0.1) is 35.9 Å². The predicted molar refractivity (Wildman–Crippen MR) is 170 cm³/mol. The van der Waals surface area contributed by atoms with Crippen molar-refractivity contribution >= 4 is 40.1 Å². The predicted octanol–water partition coefficient (Wildman–Crippen LogP) is 3.22. The first kappa shape index (κ1) is 31.3. The number of hydrogen-bond donors (Lipinski definition) is 3. The lowest BCUT2D eigenvalue weighted by Crippen LogP contribution is -2.55. The lowest BCUT2D eigenvalue weighted by molar-refractivity contribution is -0.0366. The lowest BCUT2D eigenvalue weighted by atomic mass is 10.1. The highest BCUT2D eigenvalue weighted by atomic mass is 16.5. The maximum atomic E-state index is 14.0. The topological polar surface area (TPSA) is 188 Å². The van der Waals surface area contributed by atoms with Crippen molar-refractivity contribution in [3.8, 4) is 12.1 Å². The Balaban J connectivity index is 1.33. The molecule has 2 amide bonds. The molecule has 6 rings (SSSR count). The molecule has 3 saturated heterocycles. The monoisotopic (exact) mass is 632 g/mol. The molecule has 0 saturated carbocycles. The minimum Gasteiger partial charge on any atom is -0.465 e. The van der Waals surface area contributed by atoms with Gasteiger partial charge >= 0.3 is 12.1 Å². The van der Waals surface area contributed by atoms with Crippen molar-refractivity contribution in [1.29, 1.82) is 5.26 Å². The Morgan fingerprint density at radius 2 is 2.02 bits per heavy atom. The van der Waals surface area contributed by atoms with Crippen LogP contribution in [0, 0.1) is 18.3 Å². The molecule has 3 atom stereocenters. The van der Waals surface area contributed by atoms with Crippen LogP contribution in [0.25, 0.3) is 10.9 Å². The molecule has 3 aromatic rings. The van der Waals surface area contributed by atoms with E-state index in [-0.39, 0.29) is 61.5 Å².